The van der Waals surface area contributed by atoms with Gasteiger partial charge < -0.3 is 0 Å². The van der Waals surface area contributed by atoms with Crippen LogP contribution in [0.1, 0.15) is 0 Å². The van der Waals surface area contributed by atoms with Gasteiger partial charge in [0.25, 0.3) is 0 Å². The molecule has 5 nitrogen and oxygen atoms in total. The first kappa shape index (κ1) is 8.95. The zero-order valence-electron chi connectivity index (χ0n) is 6.38. The Kier molecular flexibility index (Phi) is 2.30. The third-order valence-corrected chi connectivity index (χ3v) is 2.28. The van der Waals surface area contributed by atoms with E-state index < -0.39 is 10.3 Å². The number of aromatic nitrogens is 1. The van der Waals surface area contributed by atoms with Crippen LogP contribution in [0.15, 0.2) is 24.5 Å². The van der Waals surface area contributed by atoms with Crippen LogP contribution in [0.5, 0.6) is 0 Å². The van der Waals surface area contributed by atoms with Gasteiger partial charge in [-0.3, -0.25) is 13.8 Å². The molecule has 66 valence electrons. The van der Waals surface area contributed by atoms with E-state index in [0.717, 1.165) is 4.31 Å². The zero-order valence-corrected chi connectivity index (χ0v) is 7.19. The number of nitrogens with zero attached hydrogens (tertiary/aromatic N) is 2. The second-order valence-corrected chi connectivity index (χ2v) is 3.59. The van der Waals surface area contributed by atoms with Gasteiger partial charge in [0.2, 0.25) is 0 Å². The minimum atomic E-state index is -4.15. The molecule has 0 bridgehead atoms. The van der Waals surface area contributed by atoms with Crippen molar-refractivity contribution < 1.29 is 13.0 Å². The van der Waals surface area contributed by atoms with Gasteiger partial charge in [-0.05, 0) is 12.1 Å². The largest absolute Gasteiger partial charge is 0.359 e. The third-order valence-electron chi connectivity index (χ3n) is 1.37. The van der Waals surface area contributed by atoms with Crippen LogP contribution in [0.25, 0.3) is 0 Å². The van der Waals surface area contributed by atoms with Crippen LogP contribution in [0.2, 0.25) is 0 Å². The fourth-order valence-electron chi connectivity index (χ4n) is 0.687. The summed E-state index contributed by atoms with van der Waals surface area (Å²) in [6, 6.07) is 2.96. The molecular formula is C6H8N2O3S. The highest BCUT2D eigenvalue weighted by Crippen LogP contribution is 2.11. The van der Waals surface area contributed by atoms with Gasteiger partial charge in [0, 0.05) is 19.4 Å². The lowest BCUT2D eigenvalue weighted by atomic mass is 10.4. The van der Waals surface area contributed by atoms with Crippen molar-refractivity contribution in [2.75, 3.05) is 11.4 Å². The summed E-state index contributed by atoms with van der Waals surface area (Å²) in [6.45, 7) is 0. The molecule has 0 saturated heterocycles. The summed E-state index contributed by atoms with van der Waals surface area (Å²) in [5.41, 5.74) is 0.368. The van der Waals surface area contributed by atoms with Crippen molar-refractivity contribution in [2.45, 2.75) is 0 Å². The van der Waals surface area contributed by atoms with Crippen molar-refractivity contribution in [1.82, 2.24) is 4.98 Å². The van der Waals surface area contributed by atoms with Gasteiger partial charge in [0.15, 0.2) is 0 Å². The minimum Gasteiger partial charge on any atom is -0.269 e. The molecule has 0 atom stereocenters. The van der Waals surface area contributed by atoms with Crippen LogP contribution in [-0.4, -0.2) is 25.0 Å². The molecule has 0 fully saturated rings. The maximum absolute atomic E-state index is 10.6. The van der Waals surface area contributed by atoms with Crippen LogP contribution in [-0.2, 0) is 10.3 Å². The highest BCUT2D eigenvalue weighted by molar-refractivity contribution is 7.87. The Bertz CT molecular complexity index is 348. The lowest BCUT2D eigenvalue weighted by Gasteiger charge is -2.13. The average molecular weight is 188 g/mol. The molecule has 0 aliphatic heterocycles. The summed E-state index contributed by atoms with van der Waals surface area (Å²) in [5, 5.41) is 0. The Labute approximate surface area is 70.5 Å². The fourth-order valence-corrected chi connectivity index (χ4v) is 1.08. The zero-order chi connectivity index (χ0) is 9.19. The number of hydrogen-bond donors (Lipinski definition) is 1. The van der Waals surface area contributed by atoms with Crippen molar-refractivity contribution >= 4 is 16.0 Å². The van der Waals surface area contributed by atoms with Crippen molar-refractivity contribution in [2.24, 2.45) is 0 Å². The summed E-state index contributed by atoms with van der Waals surface area (Å²) in [5.74, 6) is 0. The first-order valence-corrected chi connectivity index (χ1v) is 4.53. The Balaban J connectivity index is 3.02. The van der Waals surface area contributed by atoms with E-state index in [1.165, 1.54) is 31.6 Å². The molecule has 0 amide bonds. The van der Waals surface area contributed by atoms with Crippen molar-refractivity contribution in [3.63, 3.8) is 0 Å². The van der Waals surface area contributed by atoms with Crippen molar-refractivity contribution in [3.8, 4) is 0 Å². The average Bonchev–Trinajstić information content (AvgIpc) is 2.03. The summed E-state index contributed by atoms with van der Waals surface area (Å²) in [4.78, 5) is 3.71. The number of hydrogen-bond acceptors (Lipinski definition) is 3. The van der Waals surface area contributed by atoms with E-state index in [4.69, 9.17) is 4.55 Å². The molecule has 0 unspecified atom stereocenters. The maximum atomic E-state index is 10.6. The summed E-state index contributed by atoms with van der Waals surface area (Å²) in [6.07, 6.45) is 2.88. The Morgan fingerprint density at radius 1 is 1.42 bits per heavy atom. The molecule has 0 spiro atoms. The predicted octanol–water partition coefficient (Wildman–Crippen LogP) is 0.321. The van der Waals surface area contributed by atoms with Crippen LogP contribution < -0.4 is 4.31 Å². The molecular weight excluding hydrogens is 180 g/mol. The van der Waals surface area contributed by atoms with E-state index >= 15 is 0 Å². The Morgan fingerprint density at radius 3 is 2.33 bits per heavy atom. The van der Waals surface area contributed by atoms with E-state index in [1.807, 2.05) is 0 Å². The van der Waals surface area contributed by atoms with E-state index in [1.54, 1.807) is 0 Å². The minimum absolute atomic E-state index is 0.368. The molecule has 0 saturated carbocycles. The topological polar surface area (TPSA) is 70.5 Å². The molecule has 0 radical (unpaired) electrons. The monoisotopic (exact) mass is 188 g/mol. The van der Waals surface area contributed by atoms with Crippen LogP contribution in [0, 0.1) is 0 Å². The van der Waals surface area contributed by atoms with Gasteiger partial charge in [-0.2, -0.15) is 8.42 Å². The number of anilines is 1. The van der Waals surface area contributed by atoms with Gasteiger partial charge in [-0.15, -0.1) is 0 Å². The standard InChI is InChI=1S/C6H8N2O3S/c1-8(12(9,10)11)6-2-4-7-5-3-6/h2-5H,1H3,(H,9,10,11). The molecule has 1 rings (SSSR count). The van der Waals surface area contributed by atoms with Crippen molar-refractivity contribution in [1.29, 1.82) is 0 Å². The Hall–Kier alpha value is -1.14. The van der Waals surface area contributed by atoms with Gasteiger partial charge in [0.05, 0.1) is 5.69 Å². The molecule has 1 aromatic rings. The molecule has 0 aliphatic carbocycles. The normalized spacial score (nSPS) is 11.2. The lowest BCUT2D eigenvalue weighted by molar-refractivity contribution is 0.481. The second kappa shape index (κ2) is 3.08. The predicted molar refractivity (Wildman–Crippen MR) is 44.2 cm³/mol. The van der Waals surface area contributed by atoms with E-state index in [-0.39, 0.29) is 0 Å². The van der Waals surface area contributed by atoms with Crippen LogP contribution in [0.3, 0.4) is 0 Å². The van der Waals surface area contributed by atoms with Crippen LogP contribution >= 0.6 is 0 Å². The van der Waals surface area contributed by atoms with Crippen LogP contribution in [0.4, 0.5) is 5.69 Å². The van der Waals surface area contributed by atoms with Gasteiger partial charge in [-0.25, -0.2) is 0 Å². The first-order chi connectivity index (χ1) is 5.52. The molecule has 1 aromatic heterocycles. The highest BCUT2D eigenvalue weighted by atomic mass is 32.2. The molecule has 1 N–H and O–H groups in total. The molecule has 0 aromatic carbocycles. The molecule has 6 heteroatoms. The maximum Gasteiger partial charge on any atom is 0.359 e. The smallest absolute Gasteiger partial charge is 0.269 e. The van der Waals surface area contributed by atoms with Gasteiger partial charge in [-0.1, -0.05) is 0 Å². The first-order valence-electron chi connectivity index (χ1n) is 3.13. The second-order valence-electron chi connectivity index (χ2n) is 2.15. The lowest BCUT2D eigenvalue weighted by Crippen LogP contribution is -2.25. The summed E-state index contributed by atoms with van der Waals surface area (Å²) < 4.78 is 30.6. The molecule has 1 heterocycles. The molecule has 0 aliphatic rings. The van der Waals surface area contributed by atoms with Gasteiger partial charge >= 0.3 is 10.3 Å². The third kappa shape index (κ3) is 1.93. The number of pyridine rings is 1. The van der Waals surface area contributed by atoms with Crippen molar-refractivity contribution in [3.05, 3.63) is 24.5 Å². The summed E-state index contributed by atoms with van der Waals surface area (Å²) in [7, 11) is -2.90. The van der Waals surface area contributed by atoms with Gasteiger partial charge in [0.1, 0.15) is 0 Å². The number of rotatable bonds is 2. The highest BCUT2D eigenvalue weighted by Gasteiger charge is 2.12. The van der Waals surface area contributed by atoms with E-state index in [2.05, 4.69) is 4.98 Å². The SMILES string of the molecule is CN(c1ccncc1)S(=O)(=O)O. The fraction of sp³-hybridized carbons (Fsp3) is 0.167. The Morgan fingerprint density at radius 2 is 1.92 bits per heavy atom. The van der Waals surface area contributed by atoms with E-state index in [0.29, 0.717) is 5.69 Å². The summed E-state index contributed by atoms with van der Waals surface area (Å²) >= 11 is 0. The quantitative estimate of drug-likeness (QED) is 0.678. The van der Waals surface area contributed by atoms with E-state index in [9.17, 15) is 8.42 Å². The molecule has 12 heavy (non-hydrogen) atoms.